The predicted octanol–water partition coefficient (Wildman–Crippen LogP) is 4.05. The molecule has 1 aliphatic heterocycles. The van der Waals surface area contributed by atoms with Crippen molar-refractivity contribution in [3.05, 3.63) is 30.0 Å². The van der Waals surface area contributed by atoms with Gasteiger partial charge < -0.3 is 19.5 Å². The van der Waals surface area contributed by atoms with Crippen molar-refractivity contribution in [1.82, 2.24) is 14.8 Å². The second kappa shape index (κ2) is 8.16. The fourth-order valence-corrected chi connectivity index (χ4v) is 5.12. The number of para-hydroxylation sites is 1. The van der Waals surface area contributed by atoms with E-state index in [1.54, 1.807) is 7.11 Å². The summed E-state index contributed by atoms with van der Waals surface area (Å²) in [6.07, 6.45) is 8.65. The lowest BCUT2D eigenvalue weighted by molar-refractivity contribution is 0.0546. The summed E-state index contributed by atoms with van der Waals surface area (Å²) in [4.78, 5) is 15.6. The van der Waals surface area contributed by atoms with Crippen LogP contribution >= 0.6 is 0 Å². The number of methoxy groups -OCH3 is 1. The maximum Gasteiger partial charge on any atom is 0.256 e. The number of fused-ring (bicyclic) bond motifs is 1. The SMILES string of the molecule is COc1cccc2c(C(=O)N3C(C)CNCC3C)cn(CC3CCCCC3)c12. The number of amides is 1. The van der Waals surface area contributed by atoms with E-state index in [2.05, 4.69) is 40.9 Å². The topological polar surface area (TPSA) is 46.5 Å². The number of hydrogen-bond acceptors (Lipinski definition) is 3. The van der Waals surface area contributed by atoms with Gasteiger partial charge in [0.2, 0.25) is 0 Å². The molecule has 152 valence electrons. The van der Waals surface area contributed by atoms with Crippen LogP contribution < -0.4 is 10.1 Å². The Balaban J connectivity index is 1.74. The van der Waals surface area contributed by atoms with Crippen molar-refractivity contribution in [2.75, 3.05) is 20.2 Å². The van der Waals surface area contributed by atoms with Crippen molar-refractivity contribution >= 4 is 16.8 Å². The van der Waals surface area contributed by atoms with Gasteiger partial charge in [0.05, 0.1) is 18.2 Å². The van der Waals surface area contributed by atoms with Crippen LogP contribution in [0.1, 0.15) is 56.3 Å². The highest BCUT2D eigenvalue weighted by Crippen LogP contribution is 2.34. The molecule has 28 heavy (non-hydrogen) atoms. The Kier molecular flexibility index (Phi) is 5.63. The van der Waals surface area contributed by atoms with Gasteiger partial charge in [0.15, 0.2) is 0 Å². The third-order valence-corrected chi connectivity index (χ3v) is 6.56. The van der Waals surface area contributed by atoms with E-state index >= 15 is 0 Å². The van der Waals surface area contributed by atoms with Gasteiger partial charge in [0, 0.05) is 43.3 Å². The van der Waals surface area contributed by atoms with Crippen LogP contribution in [0, 0.1) is 5.92 Å². The summed E-state index contributed by atoms with van der Waals surface area (Å²) in [5.41, 5.74) is 1.87. The first kappa shape index (κ1) is 19.3. The molecule has 2 atom stereocenters. The van der Waals surface area contributed by atoms with Gasteiger partial charge in [-0.1, -0.05) is 31.4 Å². The number of carbonyl (C=O) groups excluding carboxylic acids is 1. The third-order valence-electron chi connectivity index (χ3n) is 6.56. The van der Waals surface area contributed by atoms with E-state index < -0.39 is 0 Å². The number of piperazine rings is 1. The molecule has 1 aromatic carbocycles. The van der Waals surface area contributed by atoms with E-state index in [0.717, 1.165) is 41.9 Å². The van der Waals surface area contributed by atoms with Crippen LogP contribution in [0.25, 0.3) is 10.9 Å². The quantitative estimate of drug-likeness (QED) is 0.866. The molecule has 2 heterocycles. The summed E-state index contributed by atoms with van der Waals surface area (Å²) in [5, 5.41) is 4.43. The highest BCUT2D eigenvalue weighted by molar-refractivity contribution is 6.08. The molecule has 1 saturated carbocycles. The van der Waals surface area contributed by atoms with Gasteiger partial charge in [-0.25, -0.2) is 0 Å². The number of nitrogens with zero attached hydrogens (tertiary/aromatic N) is 2. The zero-order valence-corrected chi connectivity index (χ0v) is 17.4. The molecule has 1 aromatic heterocycles. The van der Waals surface area contributed by atoms with Crippen LogP contribution in [0.3, 0.4) is 0 Å². The summed E-state index contributed by atoms with van der Waals surface area (Å²) < 4.78 is 7.97. The first-order valence-corrected chi connectivity index (χ1v) is 10.8. The molecule has 2 unspecified atom stereocenters. The second-order valence-corrected chi connectivity index (χ2v) is 8.62. The Labute approximate surface area is 168 Å². The minimum absolute atomic E-state index is 0.141. The first-order chi connectivity index (χ1) is 13.6. The van der Waals surface area contributed by atoms with E-state index in [-0.39, 0.29) is 18.0 Å². The Morgan fingerprint density at radius 3 is 2.54 bits per heavy atom. The average Bonchev–Trinajstić information content (AvgIpc) is 3.07. The zero-order chi connectivity index (χ0) is 19.7. The van der Waals surface area contributed by atoms with Crippen LogP contribution in [-0.4, -0.2) is 47.7 Å². The fraction of sp³-hybridized carbons (Fsp3) is 0.609. The van der Waals surface area contributed by atoms with Crippen LogP contribution in [-0.2, 0) is 6.54 Å². The molecule has 2 fully saturated rings. The van der Waals surface area contributed by atoms with E-state index in [4.69, 9.17) is 4.74 Å². The normalized spacial score (nSPS) is 23.9. The molecular formula is C23H33N3O2. The Morgan fingerprint density at radius 2 is 1.86 bits per heavy atom. The largest absolute Gasteiger partial charge is 0.495 e. The van der Waals surface area contributed by atoms with Gasteiger partial charge >= 0.3 is 0 Å². The summed E-state index contributed by atoms with van der Waals surface area (Å²) in [6.45, 7) is 6.92. The van der Waals surface area contributed by atoms with Crippen molar-refractivity contribution in [2.24, 2.45) is 5.92 Å². The molecular weight excluding hydrogens is 350 g/mol. The van der Waals surface area contributed by atoms with Gasteiger partial charge in [-0.05, 0) is 38.7 Å². The standard InChI is InChI=1S/C23H33N3O2/c1-16-12-24-13-17(2)26(16)23(27)20-15-25(14-18-8-5-4-6-9-18)22-19(20)10-7-11-21(22)28-3/h7,10-11,15-18,24H,4-6,8-9,12-14H2,1-3H3. The van der Waals surface area contributed by atoms with Crippen molar-refractivity contribution < 1.29 is 9.53 Å². The summed E-state index contributed by atoms with van der Waals surface area (Å²) in [5.74, 6) is 1.69. The Hall–Kier alpha value is -2.01. The number of nitrogens with one attached hydrogen (secondary N) is 1. The van der Waals surface area contributed by atoms with Crippen LogP contribution in [0.5, 0.6) is 5.75 Å². The number of rotatable bonds is 4. The van der Waals surface area contributed by atoms with Gasteiger partial charge in [-0.2, -0.15) is 0 Å². The smallest absolute Gasteiger partial charge is 0.256 e. The van der Waals surface area contributed by atoms with E-state index in [9.17, 15) is 4.79 Å². The zero-order valence-electron chi connectivity index (χ0n) is 17.4. The number of benzene rings is 1. The van der Waals surface area contributed by atoms with Crippen molar-refractivity contribution in [1.29, 1.82) is 0 Å². The first-order valence-electron chi connectivity index (χ1n) is 10.8. The minimum Gasteiger partial charge on any atom is -0.495 e. The minimum atomic E-state index is 0.141. The Morgan fingerprint density at radius 1 is 1.14 bits per heavy atom. The molecule has 5 nitrogen and oxygen atoms in total. The van der Waals surface area contributed by atoms with Crippen molar-refractivity contribution in [3.63, 3.8) is 0 Å². The lowest BCUT2D eigenvalue weighted by atomic mass is 9.89. The number of hydrogen-bond donors (Lipinski definition) is 1. The van der Waals surface area contributed by atoms with Gasteiger partial charge in [0.25, 0.3) is 5.91 Å². The van der Waals surface area contributed by atoms with E-state index in [1.165, 1.54) is 32.1 Å². The third kappa shape index (κ3) is 3.52. The predicted molar refractivity (Wildman–Crippen MR) is 113 cm³/mol. The van der Waals surface area contributed by atoms with Crippen molar-refractivity contribution in [2.45, 2.75) is 64.6 Å². The highest BCUT2D eigenvalue weighted by Gasteiger charge is 2.32. The molecule has 2 aromatic rings. The van der Waals surface area contributed by atoms with E-state index in [1.807, 2.05) is 12.1 Å². The lowest BCUT2D eigenvalue weighted by Gasteiger charge is -2.39. The van der Waals surface area contributed by atoms with Crippen LogP contribution in [0.2, 0.25) is 0 Å². The molecule has 1 N–H and O–H groups in total. The summed E-state index contributed by atoms with van der Waals surface area (Å²) in [6, 6.07) is 6.45. The highest BCUT2D eigenvalue weighted by atomic mass is 16.5. The summed E-state index contributed by atoms with van der Waals surface area (Å²) in [7, 11) is 1.72. The molecule has 4 rings (SSSR count). The van der Waals surface area contributed by atoms with Crippen molar-refractivity contribution in [3.8, 4) is 5.75 Å². The molecule has 5 heteroatoms. The van der Waals surface area contributed by atoms with E-state index in [0.29, 0.717) is 5.92 Å². The van der Waals surface area contributed by atoms with Crippen LogP contribution in [0.15, 0.2) is 24.4 Å². The molecule has 0 bridgehead atoms. The van der Waals surface area contributed by atoms with Gasteiger partial charge in [0.1, 0.15) is 5.75 Å². The number of ether oxygens (including phenoxy) is 1. The average molecular weight is 384 g/mol. The lowest BCUT2D eigenvalue weighted by Crippen LogP contribution is -2.57. The maximum atomic E-state index is 13.6. The molecule has 1 amide bonds. The Bertz CT molecular complexity index is 828. The molecule has 1 aliphatic carbocycles. The molecule has 1 saturated heterocycles. The number of carbonyl (C=O) groups is 1. The second-order valence-electron chi connectivity index (χ2n) is 8.62. The molecule has 0 radical (unpaired) electrons. The van der Waals surface area contributed by atoms with Gasteiger partial charge in [-0.15, -0.1) is 0 Å². The molecule has 0 spiro atoms. The fourth-order valence-electron chi connectivity index (χ4n) is 5.12. The maximum absolute atomic E-state index is 13.6. The van der Waals surface area contributed by atoms with Crippen LogP contribution in [0.4, 0.5) is 0 Å². The van der Waals surface area contributed by atoms with Gasteiger partial charge in [-0.3, -0.25) is 4.79 Å². The summed E-state index contributed by atoms with van der Waals surface area (Å²) >= 11 is 0. The number of aromatic nitrogens is 1. The monoisotopic (exact) mass is 383 g/mol. The molecule has 2 aliphatic rings.